The minimum atomic E-state index is -0.978. The second kappa shape index (κ2) is 8.58. The average molecular weight is 371 g/mol. The Hall–Kier alpha value is -3.02. The number of carboxylic acid groups (broad SMARTS) is 1. The molecule has 6 nitrogen and oxygen atoms in total. The fourth-order valence-electron chi connectivity index (χ4n) is 2.59. The number of carbonyl (C=O) groups excluding carboxylic acids is 1. The molecule has 0 radical (unpaired) electrons. The Morgan fingerprint density at radius 3 is 2.04 bits per heavy atom. The van der Waals surface area contributed by atoms with Gasteiger partial charge in [0.1, 0.15) is 11.5 Å². The SMILES string of the molecule is COc1cc(CCC(=O)Nc2ccc(C(C)(C)C(=O)O)cc2)cc(OC)c1. The smallest absolute Gasteiger partial charge is 0.313 e. The molecule has 0 saturated carbocycles. The number of carbonyl (C=O) groups is 2. The van der Waals surface area contributed by atoms with Crippen LogP contribution in [-0.2, 0) is 21.4 Å². The van der Waals surface area contributed by atoms with Crippen LogP contribution in [0.2, 0.25) is 0 Å². The van der Waals surface area contributed by atoms with Gasteiger partial charge in [-0.15, -0.1) is 0 Å². The van der Waals surface area contributed by atoms with Crippen LogP contribution in [0.15, 0.2) is 42.5 Å². The van der Waals surface area contributed by atoms with Gasteiger partial charge < -0.3 is 19.9 Å². The zero-order valence-corrected chi connectivity index (χ0v) is 16.0. The first kappa shape index (κ1) is 20.3. The minimum Gasteiger partial charge on any atom is -0.497 e. The number of aliphatic carboxylic acids is 1. The number of benzene rings is 2. The van der Waals surface area contributed by atoms with E-state index in [2.05, 4.69) is 5.32 Å². The van der Waals surface area contributed by atoms with Crippen molar-refractivity contribution < 1.29 is 24.2 Å². The van der Waals surface area contributed by atoms with Crippen LogP contribution in [0.5, 0.6) is 11.5 Å². The van der Waals surface area contributed by atoms with Gasteiger partial charge in [0.2, 0.25) is 5.91 Å². The highest BCUT2D eigenvalue weighted by atomic mass is 16.5. The standard InChI is InChI=1S/C21H25NO5/c1-21(2,20(24)25)15-6-8-16(9-7-15)22-19(23)10-5-14-11-17(26-3)13-18(12-14)27-4/h6-9,11-13H,5,10H2,1-4H3,(H,22,23)(H,24,25). The van der Waals surface area contributed by atoms with Crippen LogP contribution < -0.4 is 14.8 Å². The number of aryl methyl sites for hydroxylation is 1. The van der Waals surface area contributed by atoms with Crippen LogP contribution in [-0.4, -0.2) is 31.2 Å². The molecule has 0 atom stereocenters. The molecule has 0 fully saturated rings. The summed E-state index contributed by atoms with van der Waals surface area (Å²) in [6, 6.07) is 12.4. The lowest BCUT2D eigenvalue weighted by molar-refractivity contribution is -0.142. The third-order valence-corrected chi connectivity index (χ3v) is 4.48. The number of methoxy groups -OCH3 is 2. The summed E-state index contributed by atoms with van der Waals surface area (Å²) in [6.07, 6.45) is 0.849. The summed E-state index contributed by atoms with van der Waals surface area (Å²) in [5.41, 5.74) is 1.28. The third kappa shape index (κ3) is 5.23. The summed E-state index contributed by atoms with van der Waals surface area (Å²) in [5.74, 6) is 0.345. The molecule has 0 heterocycles. The summed E-state index contributed by atoms with van der Waals surface area (Å²) in [5, 5.41) is 12.1. The molecule has 0 saturated heterocycles. The maximum absolute atomic E-state index is 12.2. The molecule has 0 aliphatic rings. The molecule has 144 valence electrons. The molecule has 0 unspecified atom stereocenters. The van der Waals surface area contributed by atoms with Crippen molar-refractivity contribution in [2.75, 3.05) is 19.5 Å². The summed E-state index contributed by atoms with van der Waals surface area (Å²) < 4.78 is 10.5. The van der Waals surface area contributed by atoms with Gasteiger partial charge in [0.05, 0.1) is 19.6 Å². The molecule has 0 spiro atoms. The lowest BCUT2D eigenvalue weighted by Gasteiger charge is -2.19. The van der Waals surface area contributed by atoms with Crippen molar-refractivity contribution in [1.82, 2.24) is 0 Å². The van der Waals surface area contributed by atoms with Crippen LogP contribution in [0.3, 0.4) is 0 Å². The monoisotopic (exact) mass is 371 g/mol. The first-order chi connectivity index (χ1) is 12.8. The van der Waals surface area contributed by atoms with Gasteiger partial charge in [-0.05, 0) is 55.7 Å². The molecule has 0 aromatic heterocycles. The molecule has 27 heavy (non-hydrogen) atoms. The number of hydrogen-bond donors (Lipinski definition) is 2. The topological polar surface area (TPSA) is 84.9 Å². The van der Waals surface area contributed by atoms with E-state index in [1.54, 1.807) is 58.4 Å². The molecule has 2 N–H and O–H groups in total. The number of anilines is 1. The van der Waals surface area contributed by atoms with E-state index in [9.17, 15) is 14.7 Å². The average Bonchev–Trinajstić information content (AvgIpc) is 2.66. The van der Waals surface area contributed by atoms with Gasteiger partial charge in [-0.25, -0.2) is 0 Å². The lowest BCUT2D eigenvalue weighted by atomic mass is 9.85. The first-order valence-corrected chi connectivity index (χ1v) is 8.62. The Bertz CT molecular complexity index is 790. The van der Waals surface area contributed by atoms with E-state index in [-0.39, 0.29) is 5.91 Å². The van der Waals surface area contributed by atoms with Crippen LogP contribution in [0.1, 0.15) is 31.4 Å². The zero-order chi connectivity index (χ0) is 20.0. The molecule has 6 heteroatoms. The van der Waals surface area contributed by atoms with Crippen molar-refractivity contribution in [2.45, 2.75) is 32.1 Å². The molecule has 0 aliphatic heterocycles. The van der Waals surface area contributed by atoms with E-state index in [1.807, 2.05) is 12.1 Å². The van der Waals surface area contributed by atoms with E-state index in [1.165, 1.54) is 0 Å². The molecule has 0 bridgehead atoms. The van der Waals surface area contributed by atoms with Crippen molar-refractivity contribution in [3.8, 4) is 11.5 Å². The molecular weight excluding hydrogens is 346 g/mol. The predicted molar refractivity (Wildman–Crippen MR) is 104 cm³/mol. The second-order valence-corrected chi connectivity index (χ2v) is 6.78. The number of hydrogen-bond acceptors (Lipinski definition) is 4. The number of ether oxygens (including phenoxy) is 2. The van der Waals surface area contributed by atoms with Crippen LogP contribution >= 0.6 is 0 Å². The Kier molecular flexibility index (Phi) is 6.45. The molecule has 2 aromatic rings. The van der Waals surface area contributed by atoms with Gasteiger partial charge in [0.25, 0.3) is 0 Å². The fourth-order valence-corrected chi connectivity index (χ4v) is 2.59. The number of rotatable bonds is 8. The predicted octanol–water partition coefficient (Wildman–Crippen LogP) is 3.64. The summed E-state index contributed by atoms with van der Waals surface area (Å²) in [7, 11) is 3.17. The van der Waals surface area contributed by atoms with Gasteiger partial charge in [-0.1, -0.05) is 12.1 Å². The van der Waals surface area contributed by atoms with Crippen molar-refractivity contribution in [3.63, 3.8) is 0 Å². The summed E-state index contributed by atoms with van der Waals surface area (Å²) >= 11 is 0. The highest BCUT2D eigenvalue weighted by Gasteiger charge is 2.29. The largest absolute Gasteiger partial charge is 0.497 e. The van der Waals surface area contributed by atoms with Crippen molar-refractivity contribution in [1.29, 1.82) is 0 Å². The Labute approximate surface area is 159 Å². The minimum absolute atomic E-state index is 0.123. The van der Waals surface area contributed by atoms with Gasteiger partial charge in [0.15, 0.2) is 0 Å². The van der Waals surface area contributed by atoms with Gasteiger partial charge in [-0.3, -0.25) is 9.59 Å². The van der Waals surface area contributed by atoms with E-state index in [0.29, 0.717) is 35.6 Å². The zero-order valence-electron chi connectivity index (χ0n) is 16.0. The summed E-state index contributed by atoms with van der Waals surface area (Å²) in [6.45, 7) is 3.29. The van der Waals surface area contributed by atoms with E-state index in [4.69, 9.17) is 9.47 Å². The number of carboxylic acids is 1. The Morgan fingerprint density at radius 2 is 1.56 bits per heavy atom. The molecule has 2 rings (SSSR count). The molecule has 2 aromatic carbocycles. The molecular formula is C21H25NO5. The number of nitrogens with one attached hydrogen (secondary N) is 1. The highest BCUT2D eigenvalue weighted by Crippen LogP contribution is 2.25. The third-order valence-electron chi connectivity index (χ3n) is 4.48. The fraction of sp³-hybridized carbons (Fsp3) is 0.333. The lowest BCUT2D eigenvalue weighted by Crippen LogP contribution is -2.28. The normalized spacial score (nSPS) is 11.0. The maximum atomic E-state index is 12.2. The van der Waals surface area contributed by atoms with Crippen LogP contribution in [0.25, 0.3) is 0 Å². The first-order valence-electron chi connectivity index (χ1n) is 8.62. The molecule has 0 aliphatic carbocycles. The van der Waals surface area contributed by atoms with E-state index < -0.39 is 11.4 Å². The van der Waals surface area contributed by atoms with E-state index in [0.717, 1.165) is 5.56 Å². The van der Waals surface area contributed by atoms with Gasteiger partial charge >= 0.3 is 5.97 Å². The Morgan fingerprint density at radius 1 is 1.00 bits per heavy atom. The van der Waals surface area contributed by atoms with Crippen molar-refractivity contribution in [3.05, 3.63) is 53.6 Å². The van der Waals surface area contributed by atoms with Crippen LogP contribution in [0, 0.1) is 0 Å². The highest BCUT2D eigenvalue weighted by molar-refractivity contribution is 5.91. The van der Waals surface area contributed by atoms with E-state index >= 15 is 0 Å². The van der Waals surface area contributed by atoms with Crippen molar-refractivity contribution >= 4 is 17.6 Å². The number of amides is 1. The Balaban J connectivity index is 1.97. The van der Waals surface area contributed by atoms with Crippen LogP contribution in [0.4, 0.5) is 5.69 Å². The second-order valence-electron chi connectivity index (χ2n) is 6.78. The summed E-state index contributed by atoms with van der Waals surface area (Å²) in [4.78, 5) is 23.5. The van der Waals surface area contributed by atoms with Gasteiger partial charge in [0, 0.05) is 18.2 Å². The maximum Gasteiger partial charge on any atom is 0.313 e. The van der Waals surface area contributed by atoms with Crippen molar-refractivity contribution in [2.24, 2.45) is 0 Å². The van der Waals surface area contributed by atoms with Gasteiger partial charge in [-0.2, -0.15) is 0 Å². The quantitative estimate of drug-likeness (QED) is 0.740. The molecule has 1 amide bonds.